The van der Waals surface area contributed by atoms with Gasteiger partial charge in [-0.1, -0.05) is 23.2 Å². The number of nitrogens with one attached hydrogen (secondary N) is 1. The van der Waals surface area contributed by atoms with E-state index in [1.54, 1.807) is 28.8 Å². The zero-order valence-corrected chi connectivity index (χ0v) is 18.3. The Hall–Kier alpha value is -2.27. The summed E-state index contributed by atoms with van der Waals surface area (Å²) < 4.78 is 12.6. The Balaban J connectivity index is 1.94. The first-order valence-electron chi connectivity index (χ1n) is 8.00. The molecule has 0 radical (unpaired) electrons. The number of aromatic nitrogens is 3. The Bertz CT molecular complexity index is 1130. The maximum Gasteiger partial charge on any atom is 0.314 e. The number of halogens is 2. The molecular formula is C17H14Cl2N4O4S2. The Morgan fingerprint density at radius 3 is 2.55 bits per heavy atom. The lowest BCUT2D eigenvalue weighted by Crippen LogP contribution is -2.01. The molecule has 0 atom stereocenters. The van der Waals surface area contributed by atoms with Crippen LogP contribution in [0.5, 0.6) is 11.5 Å². The lowest BCUT2D eigenvalue weighted by molar-refractivity contribution is -0.385. The van der Waals surface area contributed by atoms with Gasteiger partial charge < -0.3 is 9.47 Å². The molecule has 0 aliphatic rings. The maximum absolute atomic E-state index is 11.2. The van der Waals surface area contributed by atoms with Crippen molar-refractivity contribution >= 4 is 52.9 Å². The summed E-state index contributed by atoms with van der Waals surface area (Å²) in [6.45, 7) is 0. The van der Waals surface area contributed by atoms with Crippen LogP contribution in [0.1, 0.15) is 5.82 Å². The van der Waals surface area contributed by atoms with Crippen molar-refractivity contribution in [2.45, 2.75) is 10.6 Å². The van der Waals surface area contributed by atoms with Crippen molar-refractivity contribution in [3.05, 3.63) is 61.1 Å². The predicted octanol–water partition coefficient (Wildman–Crippen LogP) is 5.45. The number of benzene rings is 2. The highest BCUT2D eigenvalue weighted by molar-refractivity contribution is 7.98. The van der Waals surface area contributed by atoms with E-state index < -0.39 is 4.92 Å². The van der Waals surface area contributed by atoms with Crippen LogP contribution < -0.4 is 9.47 Å². The fourth-order valence-corrected chi connectivity index (χ4v) is 4.07. The fourth-order valence-electron chi connectivity index (χ4n) is 2.57. The second-order valence-corrected chi connectivity index (χ2v) is 7.82. The summed E-state index contributed by atoms with van der Waals surface area (Å²) in [5, 5.41) is 19.1. The summed E-state index contributed by atoms with van der Waals surface area (Å²) >= 11 is 18.8. The van der Waals surface area contributed by atoms with Crippen molar-refractivity contribution in [3.63, 3.8) is 0 Å². The molecule has 12 heteroatoms. The Morgan fingerprint density at radius 2 is 1.93 bits per heavy atom. The number of aromatic amines is 1. The standard InChI is InChI=1S/C17H14Cl2N4O4S2/c1-26-13-7-15(14(27-2)6-12(13)23(24)25)29-8-16-20-21-17(28)22(16)9-3-4-10(18)11(19)5-9/h3-7H,8H2,1-2H3,(H,21,28). The van der Waals surface area contributed by atoms with Gasteiger partial charge in [-0.15, -0.1) is 11.8 Å². The number of nitrogens with zero attached hydrogens (tertiary/aromatic N) is 3. The summed E-state index contributed by atoms with van der Waals surface area (Å²) in [7, 11) is 2.82. The molecule has 0 aliphatic heterocycles. The topological polar surface area (TPSA) is 95.2 Å². The van der Waals surface area contributed by atoms with Crippen molar-refractivity contribution in [2.24, 2.45) is 0 Å². The van der Waals surface area contributed by atoms with E-state index in [2.05, 4.69) is 10.2 Å². The molecule has 0 fully saturated rings. The van der Waals surface area contributed by atoms with Crippen LogP contribution in [0, 0.1) is 14.9 Å². The van der Waals surface area contributed by atoms with Gasteiger partial charge in [0.15, 0.2) is 10.5 Å². The zero-order chi connectivity index (χ0) is 21.1. The third-order valence-electron chi connectivity index (χ3n) is 3.92. The van der Waals surface area contributed by atoms with Gasteiger partial charge in [0.2, 0.25) is 0 Å². The number of hydrogen-bond donors (Lipinski definition) is 1. The molecular weight excluding hydrogens is 459 g/mol. The molecule has 0 aliphatic carbocycles. The minimum absolute atomic E-state index is 0.140. The highest BCUT2D eigenvalue weighted by atomic mass is 35.5. The van der Waals surface area contributed by atoms with E-state index in [4.69, 9.17) is 44.9 Å². The Morgan fingerprint density at radius 1 is 1.21 bits per heavy atom. The van der Waals surface area contributed by atoms with Crippen LogP contribution in [0.4, 0.5) is 5.69 Å². The van der Waals surface area contributed by atoms with Crippen molar-refractivity contribution in [3.8, 4) is 17.2 Å². The number of ether oxygens (including phenoxy) is 2. The Kier molecular flexibility index (Phi) is 6.68. The third-order valence-corrected chi connectivity index (χ3v) is 5.97. The predicted molar refractivity (Wildman–Crippen MR) is 115 cm³/mol. The number of methoxy groups -OCH3 is 2. The van der Waals surface area contributed by atoms with Gasteiger partial charge in [0.25, 0.3) is 0 Å². The molecule has 1 heterocycles. The molecule has 0 spiro atoms. The van der Waals surface area contributed by atoms with Gasteiger partial charge in [-0.05, 0) is 30.4 Å². The fraction of sp³-hybridized carbons (Fsp3) is 0.176. The van der Waals surface area contributed by atoms with Gasteiger partial charge in [-0.3, -0.25) is 19.8 Å². The molecule has 1 aromatic heterocycles. The Labute approximate surface area is 184 Å². The largest absolute Gasteiger partial charge is 0.495 e. The van der Waals surface area contributed by atoms with E-state index in [0.29, 0.717) is 42.7 Å². The van der Waals surface area contributed by atoms with Gasteiger partial charge in [-0.2, -0.15) is 5.10 Å². The first-order chi connectivity index (χ1) is 13.8. The second kappa shape index (κ2) is 9.04. The van der Waals surface area contributed by atoms with Gasteiger partial charge >= 0.3 is 5.69 Å². The second-order valence-electron chi connectivity index (χ2n) is 5.60. The van der Waals surface area contributed by atoms with Crippen LogP contribution in [0.3, 0.4) is 0 Å². The summed E-state index contributed by atoms with van der Waals surface area (Å²) in [6, 6.07) is 8.04. The van der Waals surface area contributed by atoms with Crippen LogP contribution >= 0.6 is 47.2 Å². The third kappa shape index (κ3) is 4.50. The molecule has 0 amide bonds. The smallest absolute Gasteiger partial charge is 0.314 e. The van der Waals surface area contributed by atoms with Gasteiger partial charge in [-0.25, -0.2) is 0 Å². The highest BCUT2D eigenvalue weighted by Crippen LogP contribution is 2.40. The number of hydrogen-bond acceptors (Lipinski definition) is 7. The van der Waals surface area contributed by atoms with Crippen molar-refractivity contribution in [1.29, 1.82) is 0 Å². The van der Waals surface area contributed by atoms with E-state index in [-0.39, 0.29) is 11.4 Å². The highest BCUT2D eigenvalue weighted by Gasteiger charge is 2.20. The number of rotatable bonds is 7. The molecule has 152 valence electrons. The minimum atomic E-state index is -0.523. The minimum Gasteiger partial charge on any atom is -0.495 e. The molecule has 0 unspecified atom stereocenters. The number of thioether (sulfide) groups is 1. The van der Waals surface area contributed by atoms with E-state index in [1.807, 2.05) is 0 Å². The molecule has 2 aromatic carbocycles. The summed E-state index contributed by atoms with van der Waals surface area (Å²) in [4.78, 5) is 11.3. The lowest BCUT2D eigenvalue weighted by Gasteiger charge is -2.11. The lowest BCUT2D eigenvalue weighted by atomic mass is 10.3. The van der Waals surface area contributed by atoms with Crippen LogP contribution in [0.15, 0.2) is 35.2 Å². The number of nitro groups is 1. The molecule has 8 nitrogen and oxygen atoms in total. The van der Waals surface area contributed by atoms with Crippen molar-refractivity contribution in [2.75, 3.05) is 14.2 Å². The first-order valence-corrected chi connectivity index (χ1v) is 10.2. The van der Waals surface area contributed by atoms with Gasteiger partial charge in [0, 0.05) is 6.07 Å². The summed E-state index contributed by atoms with van der Waals surface area (Å²) in [6.07, 6.45) is 0. The molecule has 0 saturated heterocycles. The number of nitro benzene ring substituents is 1. The van der Waals surface area contributed by atoms with Crippen LogP contribution in [-0.2, 0) is 5.75 Å². The van der Waals surface area contributed by atoms with E-state index in [9.17, 15) is 10.1 Å². The van der Waals surface area contributed by atoms with Gasteiger partial charge in [0.05, 0.1) is 51.6 Å². The summed E-state index contributed by atoms with van der Waals surface area (Å²) in [5.74, 6) is 1.52. The molecule has 3 rings (SSSR count). The monoisotopic (exact) mass is 472 g/mol. The summed E-state index contributed by atoms with van der Waals surface area (Å²) in [5.41, 5.74) is 0.536. The molecule has 1 N–H and O–H groups in total. The van der Waals surface area contributed by atoms with Crippen molar-refractivity contribution < 1.29 is 14.4 Å². The van der Waals surface area contributed by atoms with Crippen LogP contribution in [-0.4, -0.2) is 33.9 Å². The average Bonchev–Trinajstić information content (AvgIpc) is 3.08. The van der Waals surface area contributed by atoms with Crippen molar-refractivity contribution in [1.82, 2.24) is 14.8 Å². The quantitative estimate of drug-likeness (QED) is 0.211. The van der Waals surface area contributed by atoms with E-state index >= 15 is 0 Å². The molecule has 3 aromatic rings. The first kappa shape index (κ1) is 21.4. The van der Waals surface area contributed by atoms with E-state index in [1.165, 1.54) is 32.0 Å². The molecule has 0 saturated carbocycles. The van der Waals surface area contributed by atoms with Crippen LogP contribution in [0.2, 0.25) is 10.0 Å². The average molecular weight is 473 g/mol. The SMILES string of the molecule is COc1cc([N+](=O)[O-])c(OC)cc1SCc1n[nH]c(=S)n1-c1ccc(Cl)c(Cl)c1. The zero-order valence-electron chi connectivity index (χ0n) is 15.1. The molecule has 29 heavy (non-hydrogen) atoms. The maximum atomic E-state index is 11.2. The number of H-pyrrole nitrogens is 1. The van der Waals surface area contributed by atoms with E-state index in [0.717, 1.165) is 0 Å². The molecule has 0 bridgehead atoms. The van der Waals surface area contributed by atoms with Gasteiger partial charge in [0.1, 0.15) is 11.6 Å². The van der Waals surface area contributed by atoms with Crippen LogP contribution in [0.25, 0.3) is 5.69 Å². The normalized spacial score (nSPS) is 10.8.